The van der Waals surface area contributed by atoms with Crippen molar-refractivity contribution in [1.29, 1.82) is 0 Å². The van der Waals surface area contributed by atoms with Crippen LogP contribution in [0.25, 0.3) is 0 Å². The lowest BCUT2D eigenvalue weighted by atomic mass is 10.3. The second kappa shape index (κ2) is 13.3. The van der Waals surface area contributed by atoms with E-state index in [2.05, 4.69) is 27.9 Å². The van der Waals surface area contributed by atoms with Crippen LogP contribution in [-0.4, -0.2) is 17.7 Å². The van der Waals surface area contributed by atoms with Gasteiger partial charge in [-0.05, 0) is 17.4 Å². The summed E-state index contributed by atoms with van der Waals surface area (Å²) >= 11 is 2.17. The summed E-state index contributed by atoms with van der Waals surface area (Å²) in [5, 5.41) is 10.3. The summed E-state index contributed by atoms with van der Waals surface area (Å²) in [5.74, 6) is 0. The zero-order chi connectivity index (χ0) is 9.82. The number of amides is 1. The Hall–Kier alpha value is -0.260. The lowest BCUT2D eigenvalue weighted by Crippen LogP contribution is -2.21. The Morgan fingerprint density at radius 3 is 2.42 bits per heavy atom. The topological polar surface area (TPSA) is 49.3 Å². The van der Waals surface area contributed by atoms with Crippen LogP contribution in [0, 0.1) is 0 Å². The molecule has 12 heavy (non-hydrogen) atoms. The fourth-order valence-electron chi connectivity index (χ4n) is 0.372. The van der Waals surface area contributed by atoms with E-state index >= 15 is 0 Å². The SMILES string of the molecule is CC=CI.CCCCNC(=O)O. The number of hydrogen-bond donors (Lipinski definition) is 2. The fraction of sp³-hybridized carbons (Fsp3) is 0.625. The molecular formula is C8H16INO2. The summed E-state index contributed by atoms with van der Waals surface area (Å²) in [6.45, 7) is 4.59. The Kier molecular flexibility index (Phi) is 15.9. The van der Waals surface area contributed by atoms with E-state index in [9.17, 15) is 4.79 Å². The van der Waals surface area contributed by atoms with E-state index in [1.165, 1.54) is 0 Å². The van der Waals surface area contributed by atoms with Gasteiger partial charge in [0.15, 0.2) is 0 Å². The highest BCUT2D eigenvalue weighted by Crippen LogP contribution is 1.81. The van der Waals surface area contributed by atoms with Gasteiger partial charge >= 0.3 is 6.09 Å². The maximum atomic E-state index is 9.76. The van der Waals surface area contributed by atoms with E-state index in [1.54, 1.807) is 0 Å². The molecule has 0 radical (unpaired) electrons. The smallest absolute Gasteiger partial charge is 0.404 e. The van der Waals surface area contributed by atoms with Gasteiger partial charge in [0.25, 0.3) is 0 Å². The van der Waals surface area contributed by atoms with Crippen LogP contribution >= 0.6 is 22.6 Å². The molecule has 0 fully saturated rings. The quantitative estimate of drug-likeness (QED) is 0.618. The van der Waals surface area contributed by atoms with Crippen molar-refractivity contribution in [2.45, 2.75) is 26.7 Å². The molecule has 2 N–H and O–H groups in total. The molecule has 0 aromatic heterocycles. The van der Waals surface area contributed by atoms with Gasteiger partial charge in [-0.1, -0.05) is 42.0 Å². The maximum absolute atomic E-state index is 9.76. The zero-order valence-corrected chi connectivity index (χ0v) is 9.67. The summed E-state index contributed by atoms with van der Waals surface area (Å²) in [6, 6.07) is 0. The second-order valence-electron chi connectivity index (χ2n) is 2.04. The summed E-state index contributed by atoms with van der Waals surface area (Å²) in [4.78, 5) is 9.76. The van der Waals surface area contributed by atoms with Crippen molar-refractivity contribution in [3.05, 3.63) is 10.2 Å². The lowest BCUT2D eigenvalue weighted by molar-refractivity contribution is 0.194. The summed E-state index contributed by atoms with van der Waals surface area (Å²) in [6.07, 6.45) is 3.01. The second-order valence-corrected chi connectivity index (χ2v) is 2.76. The van der Waals surface area contributed by atoms with Gasteiger partial charge < -0.3 is 10.4 Å². The minimum Gasteiger partial charge on any atom is -0.465 e. The average Bonchev–Trinajstić information content (AvgIpc) is 2.05. The minimum absolute atomic E-state index is 0.575. The molecule has 0 rings (SSSR count). The van der Waals surface area contributed by atoms with Crippen LogP contribution in [0.5, 0.6) is 0 Å². The van der Waals surface area contributed by atoms with Crippen LogP contribution < -0.4 is 5.32 Å². The first-order chi connectivity index (χ1) is 5.68. The first-order valence-corrected chi connectivity index (χ1v) is 5.11. The summed E-state index contributed by atoms with van der Waals surface area (Å²) in [5.41, 5.74) is 0. The third kappa shape index (κ3) is 22.6. The molecule has 0 atom stereocenters. The largest absolute Gasteiger partial charge is 0.465 e. The molecule has 0 aromatic rings. The van der Waals surface area contributed by atoms with Crippen molar-refractivity contribution in [3.63, 3.8) is 0 Å². The van der Waals surface area contributed by atoms with Crippen molar-refractivity contribution < 1.29 is 9.90 Å². The first-order valence-electron chi connectivity index (χ1n) is 3.87. The zero-order valence-electron chi connectivity index (χ0n) is 7.51. The van der Waals surface area contributed by atoms with Gasteiger partial charge in [0, 0.05) is 6.54 Å². The third-order valence-corrected chi connectivity index (χ3v) is 1.65. The van der Waals surface area contributed by atoms with E-state index in [0.29, 0.717) is 6.54 Å². The minimum atomic E-state index is -0.932. The summed E-state index contributed by atoms with van der Waals surface area (Å²) in [7, 11) is 0. The number of rotatable bonds is 3. The van der Waals surface area contributed by atoms with Crippen LogP contribution in [-0.2, 0) is 0 Å². The van der Waals surface area contributed by atoms with Gasteiger partial charge in [0.1, 0.15) is 0 Å². The van der Waals surface area contributed by atoms with Crippen LogP contribution in [0.1, 0.15) is 26.7 Å². The Bertz CT molecular complexity index is 122. The molecular weight excluding hydrogens is 269 g/mol. The number of allylic oxidation sites excluding steroid dienone is 1. The van der Waals surface area contributed by atoms with E-state index in [1.807, 2.05) is 24.0 Å². The number of nitrogens with one attached hydrogen (secondary N) is 1. The van der Waals surface area contributed by atoms with Crippen LogP contribution in [0.3, 0.4) is 0 Å². The highest BCUT2D eigenvalue weighted by atomic mass is 127. The van der Waals surface area contributed by atoms with Crippen molar-refractivity contribution in [2.75, 3.05) is 6.54 Å². The molecule has 4 heteroatoms. The molecule has 0 bridgehead atoms. The Morgan fingerprint density at radius 2 is 2.17 bits per heavy atom. The predicted octanol–water partition coefficient (Wildman–Crippen LogP) is 3.01. The van der Waals surface area contributed by atoms with E-state index in [0.717, 1.165) is 12.8 Å². The lowest BCUT2D eigenvalue weighted by Gasteiger charge is -1.94. The molecule has 0 aliphatic rings. The Morgan fingerprint density at radius 1 is 1.67 bits per heavy atom. The molecule has 3 nitrogen and oxygen atoms in total. The highest BCUT2D eigenvalue weighted by molar-refractivity contribution is 14.1. The third-order valence-electron chi connectivity index (χ3n) is 0.933. The van der Waals surface area contributed by atoms with E-state index in [-0.39, 0.29) is 0 Å². The van der Waals surface area contributed by atoms with Gasteiger partial charge in [-0.25, -0.2) is 4.79 Å². The molecule has 0 unspecified atom stereocenters. The van der Waals surface area contributed by atoms with E-state index in [4.69, 9.17) is 5.11 Å². The molecule has 0 saturated carbocycles. The highest BCUT2D eigenvalue weighted by Gasteiger charge is 1.88. The molecule has 1 amide bonds. The number of unbranched alkanes of at least 4 members (excludes halogenated alkanes) is 1. The number of carboxylic acid groups (broad SMARTS) is 1. The van der Waals surface area contributed by atoms with Crippen molar-refractivity contribution in [2.24, 2.45) is 0 Å². The molecule has 0 spiro atoms. The van der Waals surface area contributed by atoms with Crippen LogP contribution in [0.15, 0.2) is 10.2 Å². The fourth-order valence-corrected chi connectivity index (χ4v) is 0.372. The molecule has 72 valence electrons. The predicted molar refractivity (Wildman–Crippen MR) is 59.8 cm³/mol. The number of hydrogen-bond acceptors (Lipinski definition) is 1. The van der Waals surface area contributed by atoms with Crippen molar-refractivity contribution in [3.8, 4) is 0 Å². The Balaban J connectivity index is 0. The first kappa shape index (κ1) is 14.3. The standard InChI is InChI=1S/C5H11NO2.C3H5I/c1-2-3-4-6-5(7)8;1-2-3-4/h6H,2-4H2,1H3,(H,7,8);2-3H,1H3. The maximum Gasteiger partial charge on any atom is 0.404 e. The molecule has 0 heterocycles. The molecule has 0 aliphatic heterocycles. The van der Waals surface area contributed by atoms with Crippen molar-refractivity contribution >= 4 is 28.7 Å². The number of carbonyl (C=O) groups is 1. The van der Waals surface area contributed by atoms with Gasteiger partial charge in [-0.2, -0.15) is 0 Å². The summed E-state index contributed by atoms with van der Waals surface area (Å²) < 4.78 is 1.97. The van der Waals surface area contributed by atoms with Gasteiger partial charge in [-0.3, -0.25) is 0 Å². The molecule has 0 saturated heterocycles. The van der Waals surface area contributed by atoms with Crippen LogP contribution in [0.2, 0.25) is 0 Å². The van der Waals surface area contributed by atoms with E-state index < -0.39 is 6.09 Å². The normalized spacial score (nSPS) is 8.92. The van der Waals surface area contributed by atoms with Gasteiger partial charge in [0.2, 0.25) is 0 Å². The van der Waals surface area contributed by atoms with Gasteiger partial charge in [-0.15, -0.1) is 0 Å². The van der Waals surface area contributed by atoms with Crippen LogP contribution in [0.4, 0.5) is 4.79 Å². The van der Waals surface area contributed by atoms with Crippen molar-refractivity contribution in [1.82, 2.24) is 5.32 Å². The number of halogens is 1. The monoisotopic (exact) mass is 285 g/mol. The Labute approximate surface area is 87.4 Å². The van der Waals surface area contributed by atoms with Gasteiger partial charge in [0.05, 0.1) is 0 Å². The molecule has 0 aliphatic carbocycles. The molecule has 0 aromatic carbocycles. The average molecular weight is 285 g/mol.